The highest BCUT2D eigenvalue weighted by molar-refractivity contribution is 7.92. The first-order valence-electron chi connectivity index (χ1n) is 10.7. The van der Waals surface area contributed by atoms with Gasteiger partial charge in [-0.05, 0) is 55.9 Å². The molecule has 1 aliphatic carbocycles. The Morgan fingerprint density at radius 3 is 2.47 bits per heavy atom. The van der Waals surface area contributed by atoms with Gasteiger partial charge in [-0.3, -0.25) is 4.79 Å². The van der Waals surface area contributed by atoms with Crippen LogP contribution in [-0.2, 0) is 22.1 Å². The van der Waals surface area contributed by atoms with Gasteiger partial charge in [0.25, 0.3) is 5.91 Å². The van der Waals surface area contributed by atoms with Gasteiger partial charge >= 0.3 is 6.18 Å². The molecule has 2 N–H and O–H groups in total. The molecule has 2 aromatic rings. The Balaban J connectivity index is 0.00000408. The van der Waals surface area contributed by atoms with Gasteiger partial charge in [-0.25, -0.2) is 4.98 Å². The third kappa shape index (κ3) is 7.64. The van der Waals surface area contributed by atoms with Crippen LogP contribution in [0.4, 0.5) is 24.9 Å². The maximum absolute atomic E-state index is 12.9. The van der Waals surface area contributed by atoms with Crippen molar-refractivity contribution in [3.8, 4) is 0 Å². The molecule has 0 bridgehead atoms. The molecule has 1 aromatic heterocycles. The Labute approximate surface area is 206 Å². The molecule has 0 saturated heterocycles. The summed E-state index contributed by atoms with van der Waals surface area (Å²) in [5, 5.41) is 6.21. The molecule has 34 heavy (non-hydrogen) atoms. The molecule has 1 amide bonds. The van der Waals surface area contributed by atoms with Crippen molar-refractivity contribution in [3.63, 3.8) is 0 Å². The normalized spacial score (nSPS) is 19.0. The Kier molecular flexibility index (Phi) is 9.84. The number of carbonyl (C=O) groups excluding carboxylic acids is 1. The average Bonchev–Trinajstić information content (AvgIpc) is 2.75. The zero-order valence-corrected chi connectivity index (χ0v) is 20.8. The van der Waals surface area contributed by atoms with E-state index in [4.69, 9.17) is 0 Å². The van der Waals surface area contributed by atoms with E-state index in [-0.39, 0.29) is 35.1 Å². The topological polar surface area (TPSA) is 93.2 Å². The number of rotatable bonds is 7. The van der Waals surface area contributed by atoms with Crippen molar-refractivity contribution < 1.29 is 22.5 Å². The molecule has 0 radical (unpaired) electrons. The molecule has 1 aromatic carbocycles. The first kappa shape index (κ1) is 28.0. The summed E-state index contributed by atoms with van der Waals surface area (Å²) in [6.07, 6.45) is 0.318. The number of nitrogens with one attached hydrogen (secondary N) is 2. The highest BCUT2D eigenvalue weighted by Crippen LogP contribution is 2.30. The Morgan fingerprint density at radius 1 is 1.21 bits per heavy atom. The molecular formula is C22H29ClF3N5O2S. The predicted octanol–water partition coefficient (Wildman–Crippen LogP) is 3.94. The van der Waals surface area contributed by atoms with Gasteiger partial charge in [0.2, 0.25) is 5.95 Å². The van der Waals surface area contributed by atoms with E-state index in [0.29, 0.717) is 5.95 Å². The summed E-state index contributed by atoms with van der Waals surface area (Å²) in [5.74, 6) is 0.611. The summed E-state index contributed by atoms with van der Waals surface area (Å²) in [4.78, 5) is 23.1. The maximum Gasteiger partial charge on any atom is 0.416 e. The second-order valence-corrected chi connectivity index (χ2v) is 9.82. The highest BCUT2D eigenvalue weighted by atomic mass is 35.5. The molecular weight excluding hydrogens is 491 g/mol. The summed E-state index contributed by atoms with van der Waals surface area (Å²) >= 11 is -1.85. The average molecular weight is 520 g/mol. The van der Waals surface area contributed by atoms with Gasteiger partial charge in [-0.2, -0.15) is 18.2 Å². The number of anilines is 2. The monoisotopic (exact) mass is 519 g/mol. The van der Waals surface area contributed by atoms with E-state index in [2.05, 4.69) is 20.6 Å². The lowest BCUT2D eigenvalue weighted by atomic mass is 9.91. The van der Waals surface area contributed by atoms with Crippen LogP contribution >= 0.6 is 12.4 Å². The lowest BCUT2D eigenvalue weighted by molar-refractivity contribution is -0.137. The van der Waals surface area contributed by atoms with Gasteiger partial charge in [0.05, 0.1) is 5.56 Å². The maximum atomic E-state index is 12.9. The molecule has 0 aliphatic heterocycles. The van der Waals surface area contributed by atoms with Gasteiger partial charge in [-0.15, -0.1) is 12.4 Å². The lowest BCUT2D eigenvalue weighted by Gasteiger charge is -2.30. The molecule has 7 nitrogen and oxygen atoms in total. The zero-order valence-electron chi connectivity index (χ0n) is 19.2. The largest absolute Gasteiger partial charge is 0.611 e. The number of halogens is 4. The minimum absolute atomic E-state index is 0. The van der Waals surface area contributed by atoms with Crippen LogP contribution in [-0.4, -0.2) is 52.4 Å². The lowest BCUT2D eigenvalue weighted by Crippen LogP contribution is -2.42. The van der Waals surface area contributed by atoms with E-state index in [1.54, 1.807) is 6.20 Å². The van der Waals surface area contributed by atoms with Crippen molar-refractivity contribution in [2.75, 3.05) is 30.1 Å². The summed E-state index contributed by atoms with van der Waals surface area (Å²) in [6, 6.07) is 4.39. The van der Waals surface area contributed by atoms with Crippen LogP contribution in [0.5, 0.6) is 0 Å². The van der Waals surface area contributed by atoms with E-state index in [0.717, 1.165) is 49.2 Å². The number of amides is 1. The van der Waals surface area contributed by atoms with Crippen molar-refractivity contribution in [3.05, 3.63) is 41.6 Å². The minimum Gasteiger partial charge on any atom is -0.611 e. The minimum atomic E-state index is -4.52. The smallest absolute Gasteiger partial charge is 0.416 e. The number of hydrogen-bond acceptors (Lipinski definition) is 6. The number of alkyl halides is 3. The molecule has 1 aliphatic rings. The van der Waals surface area contributed by atoms with E-state index < -0.39 is 28.8 Å². The fourth-order valence-electron chi connectivity index (χ4n) is 3.81. The van der Waals surface area contributed by atoms with Crippen LogP contribution in [0.1, 0.15) is 36.8 Å². The van der Waals surface area contributed by atoms with E-state index in [1.165, 1.54) is 12.1 Å². The summed E-state index contributed by atoms with van der Waals surface area (Å²) in [7, 11) is 3.85. The molecule has 1 saturated carbocycles. The molecule has 12 heteroatoms. The first-order valence-corrected chi connectivity index (χ1v) is 12.0. The second kappa shape index (κ2) is 11.9. The third-order valence-electron chi connectivity index (χ3n) is 5.48. The summed E-state index contributed by atoms with van der Waals surface area (Å²) in [5.41, 5.74) is 0.106. The summed E-state index contributed by atoms with van der Waals surface area (Å²) in [6.45, 7) is 1.95. The van der Waals surface area contributed by atoms with Crippen molar-refractivity contribution in [2.24, 2.45) is 0 Å². The third-order valence-corrected chi connectivity index (χ3v) is 6.78. The number of hydrogen-bond donors (Lipinski definition) is 2. The number of nitrogens with zero attached hydrogens (tertiary/aromatic N) is 3. The quantitative estimate of drug-likeness (QED) is 0.538. The standard InChI is InChI=1S/C22H28F3N5O2S.ClH/c1-14-12-26-21(29-20(14)30(2)3)28-17-9-7-16(8-10-17)27-19(31)13-33(32)18-6-4-5-15(11-18)22(23,24)25;/h4-6,11-12,16-17H,7-10,13H2,1-3H3,(H,27,31)(H,26,28,29);1H/t16-,17+,33?;. The Bertz CT molecular complexity index is 972. The van der Waals surface area contributed by atoms with Crippen molar-refractivity contribution in [1.82, 2.24) is 15.3 Å². The fraction of sp³-hybridized carbons (Fsp3) is 0.500. The Morgan fingerprint density at radius 2 is 1.85 bits per heavy atom. The highest BCUT2D eigenvalue weighted by Gasteiger charge is 2.32. The first-order chi connectivity index (χ1) is 15.5. The van der Waals surface area contributed by atoms with Gasteiger partial charge in [-0.1, -0.05) is 6.07 Å². The van der Waals surface area contributed by atoms with Crippen LogP contribution in [0.15, 0.2) is 35.4 Å². The number of aromatic nitrogens is 2. The van der Waals surface area contributed by atoms with Gasteiger partial charge in [0.1, 0.15) is 5.82 Å². The second-order valence-electron chi connectivity index (χ2n) is 8.37. The zero-order chi connectivity index (χ0) is 24.2. The Hall–Kier alpha value is -2.24. The van der Waals surface area contributed by atoms with E-state index >= 15 is 0 Å². The van der Waals surface area contributed by atoms with Crippen LogP contribution in [0.25, 0.3) is 0 Å². The van der Waals surface area contributed by atoms with Gasteiger partial charge < -0.3 is 20.1 Å². The molecule has 188 valence electrons. The van der Waals surface area contributed by atoms with E-state index in [1.807, 2.05) is 25.9 Å². The SMILES string of the molecule is Cc1cnc(N[C@H]2CC[C@@H](NC(=O)C[S+]([O-])c3cccc(C(F)(F)F)c3)CC2)nc1N(C)C.Cl. The molecule has 1 unspecified atom stereocenters. The van der Waals surface area contributed by atoms with Crippen molar-refractivity contribution in [2.45, 2.75) is 55.8 Å². The molecule has 1 fully saturated rings. The number of benzene rings is 1. The van der Waals surface area contributed by atoms with Crippen LogP contribution in [0.2, 0.25) is 0 Å². The van der Waals surface area contributed by atoms with E-state index in [9.17, 15) is 22.5 Å². The van der Waals surface area contributed by atoms with Gasteiger partial charge in [0, 0.05) is 44.0 Å². The number of carbonyl (C=O) groups is 1. The molecule has 0 spiro atoms. The fourth-order valence-corrected chi connectivity index (χ4v) is 4.78. The van der Waals surface area contributed by atoms with Crippen LogP contribution in [0.3, 0.4) is 0 Å². The number of aryl methyl sites for hydroxylation is 1. The van der Waals surface area contributed by atoms with Gasteiger partial charge in [0.15, 0.2) is 10.6 Å². The molecule has 1 atom stereocenters. The summed E-state index contributed by atoms with van der Waals surface area (Å²) < 4.78 is 50.9. The van der Waals surface area contributed by atoms with Crippen molar-refractivity contribution >= 4 is 41.3 Å². The van der Waals surface area contributed by atoms with Crippen LogP contribution in [0, 0.1) is 6.92 Å². The molecule has 1 heterocycles. The molecule has 3 rings (SSSR count). The predicted molar refractivity (Wildman–Crippen MR) is 129 cm³/mol. The van der Waals surface area contributed by atoms with Crippen LogP contribution < -0.4 is 15.5 Å². The van der Waals surface area contributed by atoms with Crippen molar-refractivity contribution in [1.29, 1.82) is 0 Å².